The molecule has 0 aliphatic heterocycles. The number of aromatic hydroxyl groups is 1. The summed E-state index contributed by atoms with van der Waals surface area (Å²) in [5.41, 5.74) is 3.77. The zero-order chi connectivity index (χ0) is 12.7. The number of hydrogen-bond donors (Lipinski definition) is 1. The van der Waals surface area contributed by atoms with Crippen LogP contribution in [0.4, 0.5) is 0 Å². The number of carbonyl (C=O) groups is 1. The van der Waals surface area contributed by atoms with Gasteiger partial charge in [-0.1, -0.05) is 37.3 Å². The Morgan fingerprint density at radius 3 is 2.72 bits per heavy atom. The Morgan fingerprint density at radius 1 is 1.17 bits per heavy atom. The number of phenols is 1. The second-order valence-electron chi connectivity index (χ2n) is 4.86. The minimum atomic E-state index is 0.0680. The monoisotopic (exact) mass is 238 g/mol. The normalized spacial score (nSPS) is 17.8. The van der Waals surface area contributed by atoms with Crippen molar-refractivity contribution in [1.29, 1.82) is 0 Å². The molecular formula is C16H14O2. The van der Waals surface area contributed by atoms with Crippen LogP contribution >= 0.6 is 0 Å². The minimum absolute atomic E-state index is 0.0680. The average molecular weight is 238 g/mol. The molecule has 0 radical (unpaired) electrons. The molecule has 0 bridgehead atoms. The van der Waals surface area contributed by atoms with E-state index >= 15 is 0 Å². The Kier molecular flexibility index (Phi) is 2.44. The van der Waals surface area contributed by atoms with Gasteiger partial charge in [-0.3, -0.25) is 4.79 Å². The minimum Gasteiger partial charge on any atom is -0.508 e. The maximum Gasteiger partial charge on any atom is 0.166 e. The summed E-state index contributed by atoms with van der Waals surface area (Å²) in [6.45, 7) is 1.97. The van der Waals surface area contributed by atoms with Crippen LogP contribution < -0.4 is 0 Å². The fourth-order valence-electron chi connectivity index (χ4n) is 2.64. The van der Waals surface area contributed by atoms with Crippen molar-refractivity contribution >= 4 is 5.78 Å². The first-order valence-electron chi connectivity index (χ1n) is 6.12. The summed E-state index contributed by atoms with van der Waals surface area (Å²) < 4.78 is 0. The molecule has 2 nitrogen and oxygen atoms in total. The van der Waals surface area contributed by atoms with Crippen LogP contribution in [0.1, 0.15) is 22.8 Å². The zero-order valence-electron chi connectivity index (χ0n) is 10.2. The molecule has 0 heterocycles. The second kappa shape index (κ2) is 3.98. The van der Waals surface area contributed by atoms with Crippen molar-refractivity contribution in [3.8, 4) is 16.9 Å². The number of Topliss-reactive ketones (excluding diaryl/α,β-unsaturated/α-hetero) is 1. The fraction of sp³-hybridized carbons (Fsp3) is 0.188. The number of benzene rings is 2. The predicted molar refractivity (Wildman–Crippen MR) is 70.7 cm³/mol. The summed E-state index contributed by atoms with van der Waals surface area (Å²) in [6.07, 6.45) is 0.820. The highest BCUT2D eigenvalue weighted by atomic mass is 16.3. The van der Waals surface area contributed by atoms with Crippen molar-refractivity contribution in [3.63, 3.8) is 0 Å². The molecule has 2 aromatic rings. The quantitative estimate of drug-likeness (QED) is 0.826. The molecule has 90 valence electrons. The van der Waals surface area contributed by atoms with E-state index in [-0.39, 0.29) is 17.5 Å². The lowest BCUT2D eigenvalue weighted by Gasteiger charge is -2.08. The Bertz CT molecular complexity index is 629. The largest absolute Gasteiger partial charge is 0.508 e. The van der Waals surface area contributed by atoms with E-state index in [1.54, 1.807) is 18.2 Å². The summed E-state index contributed by atoms with van der Waals surface area (Å²) >= 11 is 0. The van der Waals surface area contributed by atoms with Gasteiger partial charge in [-0.05, 0) is 35.2 Å². The van der Waals surface area contributed by atoms with Crippen molar-refractivity contribution in [3.05, 3.63) is 53.6 Å². The van der Waals surface area contributed by atoms with Gasteiger partial charge in [0.15, 0.2) is 5.78 Å². The summed E-state index contributed by atoms with van der Waals surface area (Å²) in [6, 6.07) is 13.0. The van der Waals surface area contributed by atoms with Crippen LogP contribution in [0.15, 0.2) is 42.5 Å². The van der Waals surface area contributed by atoms with Crippen LogP contribution in [0.2, 0.25) is 0 Å². The molecule has 1 aliphatic rings. The standard InChI is InChI=1S/C16H14O2/c1-10-8-12-5-3-7-14(15(12)16(10)18)11-4-2-6-13(17)9-11/h2-7,9-10,17H,8H2,1H3. The zero-order valence-corrected chi connectivity index (χ0v) is 10.2. The van der Waals surface area contributed by atoms with Gasteiger partial charge in [0.2, 0.25) is 0 Å². The molecule has 0 fully saturated rings. The highest BCUT2D eigenvalue weighted by molar-refractivity contribution is 6.07. The lowest BCUT2D eigenvalue weighted by molar-refractivity contribution is 0.0947. The summed E-state index contributed by atoms with van der Waals surface area (Å²) in [7, 11) is 0. The molecule has 0 saturated carbocycles. The molecule has 2 heteroatoms. The highest BCUT2D eigenvalue weighted by Gasteiger charge is 2.29. The van der Waals surface area contributed by atoms with Gasteiger partial charge < -0.3 is 5.11 Å². The summed E-state index contributed by atoms with van der Waals surface area (Å²) in [5, 5.41) is 9.56. The second-order valence-corrected chi connectivity index (χ2v) is 4.86. The third-order valence-corrected chi connectivity index (χ3v) is 3.53. The van der Waals surface area contributed by atoms with E-state index in [1.807, 2.05) is 31.2 Å². The van der Waals surface area contributed by atoms with Crippen LogP contribution in [0, 0.1) is 5.92 Å². The third kappa shape index (κ3) is 1.61. The number of phenolic OH excluding ortho intramolecular Hbond substituents is 1. The van der Waals surface area contributed by atoms with Gasteiger partial charge >= 0.3 is 0 Å². The van der Waals surface area contributed by atoms with Gasteiger partial charge in [-0.2, -0.15) is 0 Å². The molecular weight excluding hydrogens is 224 g/mol. The van der Waals surface area contributed by atoms with Gasteiger partial charge in [0.1, 0.15) is 5.75 Å². The molecule has 0 aromatic heterocycles. The highest BCUT2D eigenvalue weighted by Crippen LogP contribution is 2.35. The van der Waals surface area contributed by atoms with Crippen molar-refractivity contribution in [2.24, 2.45) is 5.92 Å². The molecule has 0 spiro atoms. The Morgan fingerprint density at radius 2 is 1.94 bits per heavy atom. The van der Waals surface area contributed by atoms with E-state index < -0.39 is 0 Å². The smallest absolute Gasteiger partial charge is 0.166 e. The number of ketones is 1. The Hall–Kier alpha value is -2.09. The number of fused-ring (bicyclic) bond motifs is 1. The SMILES string of the molecule is CC1Cc2cccc(-c3cccc(O)c3)c2C1=O. The molecule has 1 atom stereocenters. The fourth-order valence-corrected chi connectivity index (χ4v) is 2.64. The topological polar surface area (TPSA) is 37.3 Å². The lowest BCUT2D eigenvalue weighted by Crippen LogP contribution is -2.04. The molecule has 1 aliphatic carbocycles. The van der Waals surface area contributed by atoms with E-state index in [0.29, 0.717) is 0 Å². The van der Waals surface area contributed by atoms with Gasteiger partial charge in [0.25, 0.3) is 0 Å². The van der Waals surface area contributed by atoms with E-state index in [4.69, 9.17) is 0 Å². The number of hydrogen-bond acceptors (Lipinski definition) is 2. The maximum atomic E-state index is 12.2. The summed E-state index contributed by atoms with van der Waals surface area (Å²) in [5.74, 6) is 0.506. The van der Waals surface area contributed by atoms with Crippen LogP contribution in [-0.4, -0.2) is 10.9 Å². The van der Waals surface area contributed by atoms with E-state index in [2.05, 4.69) is 0 Å². The molecule has 1 unspecified atom stereocenters. The van der Waals surface area contributed by atoms with Crippen LogP contribution in [0.5, 0.6) is 5.75 Å². The summed E-state index contributed by atoms with van der Waals surface area (Å²) in [4.78, 5) is 12.2. The average Bonchev–Trinajstić information content (AvgIpc) is 2.65. The van der Waals surface area contributed by atoms with Crippen molar-refractivity contribution in [1.82, 2.24) is 0 Å². The van der Waals surface area contributed by atoms with Crippen LogP contribution in [0.3, 0.4) is 0 Å². The van der Waals surface area contributed by atoms with Gasteiger partial charge in [0, 0.05) is 11.5 Å². The van der Waals surface area contributed by atoms with Crippen molar-refractivity contribution in [2.45, 2.75) is 13.3 Å². The van der Waals surface area contributed by atoms with E-state index in [1.165, 1.54) is 0 Å². The molecule has 3 rings (SSSR count). The molecule has 0 amide bonds. The van der Waals surface area contributed by atoms with Crippen molar-refractivity contribution < 1.29 is 9.90 Å². The molecule has 0 saturated heterocycles. The molecule has 18 heavy (non-hydrogen) atoms. The lowest BCUT2D eigenvalue weighted by atomic mass is 9.96. The Balaban J connectivity index is 2.21. The first-order chi connectivity index (χ1) is 8.66. The third-order valence-electron chi connectivity index (χ3n) is 3.53. The molecule has 1 N–H and O–H groups in total. The van der Waals surface area contributed by atoms with Crippen molar-refractivity contribution in [2.75, 3.05) is 0 Å². The first-order valence-corrected chi connectivity index (χ1v) is 6.12. The maximum absolute atomic E-state index is 12.2. The molecule has 2 aromatic carbocycles. The number of carbonyl (C=O) groups excluding carboxylic acids is 1. The number of rotatable bonds is 1. The predicted octanol–water partition coefficient (Wildman–Crippen LogP) is 3.43. The Labute approximate surface area is 106 Å². The van der Waals surface area contributed by atoms with E-state index in [9.17, 15) is 9.90 Å². The first kappa shape index (κ1) is 11.0. The van der Waals surface area contributed by atoms with Gasteiger partial charge in [-0.25, -0.2) is 0 Å². The van der Waals surface area contributed by atoms with Gasteiger partial charge in [0.05, 0.1) is 0 Å². The van der Waals surface area contributed by atoms with Crippen LogP contribution in [-0.2, 0) is 6.42 Å². The van der Waals surface area contributed by atoms with E-state index in [0.717, 1.165) is 28.7 Å². The van der Waals surface area contributed by atoms with Crippen LogP contribution in [0.25, 0.3) is 11.1 Å². The van der Waals surface area contributed by atoms with Gasteiger partial charge in [-0.15, -0.1) is 0 Å².